The van der Waals surface area contributed by atoms with Crippen molar-refractivity contribution in [3.05, 3.63) is 47.0 Å². The minimum absolute atomic E-state index is 0. The first-order chi connectivity index (χ1) is 8.54. The fraction of sp³-hybridized carbons (Fsp3) is 0.500. The van der Waals surface area contributed by atoms with Crippen LogP contribution in [0.4, 0.5) is 0 Å². The standard InChI is InChI=1S/C14H22N2.C2H6.H2/c1-6-7-14(16-10(2)3)13-9-15-12(5)8-11(13)4;1-2;/h7-8,15-16H,2,6,9H2,1,3-5H3;1-2H3;1H/b14-7+;;. The van der Waals surface area contributed by atoms with E-state index in [2.05, 4.69) is 50.1 Å². The summed E-state index contributed by atoms with van der Waals surface area (Å²) in [5.41, 5.74) is 6.04. The Kier molecular flexibility index (Phi) is 7.93. The predicted octanol–water partition coefficient (Wildman–Crippen LogP) is 4.50. The van der Waals surface area contributed by atoms with E-state index in [1.165, 1.54) is 22.5 Å². The summed E-state index contributed by atoms with van der Waals surface area (Å²) in [7, 11) is 0. The van der Waals surface area contributed by atoms with E-state index in [0.717, 1.165) is 18.7 Å². The van der Waals surface area contributed by atoms with Crippen LogP contribution in [0.25, 0.3) is 0 Å². The van der Waals surface area contributed by atoms with Crippen molar-refractivity contribution in [2.45, 2.75) is 48.0 Å². The lowest BCUT2D eigenvalue weighted by atomic mass is 10.0. The lowest BCUT2D eigenvalue weighted by molar-refractivity contribution is 0.817. The van der Waals surface area contributed by atoms with Gasteiger partial charge in [0.25, 0.3) is 0 Å². The van der Waals surface area contributed by atoms with Crippen LogP contribution in [-0.4, -0.2) is 6.54 Å². The Morgan fingerprint density at radius 3 is 2.56 bits per heavy atom. The number of rotatable bonds is 4. The van der Waals surface area contributed by atoms with Crippen molar-refractivity contribution < 1.29 is 1.43 Å². The highest BCUT2D eigenvalue weighted by molar-refractivity contribution is 5.43. The molecule has 1 aliphatic heterocycles. The van der Waals surface area contributed by atoms with E-state index in [1.807, 2.05) is 20.8 Å². The van der Waals surface area contributed by atoms with Gasteiger partial charge in [-0.15, -0.1) is 0 Å². The number of allylic oxidation sites excluding steroid dienone is 5. The van der Waals surface area contributed by atoms with Crippen molar-refractivity contribution in [2.24, 2.45) is 0 Å². The van der Waals surface area contributed by atoms with Gasteiger partial charge in [0.2, 0.25) is 0 Å². The molecule has 0 unspecified atom stereocenters. The Morgan fingerprint density at radius 1 is 1.50 bits per heavy atom. The molecule has 0 fully saturated rings. The second kappa shape index (κ2) is 8.62. The summed E-state index contributed by atoms with van der Waals surface area (Å²) in [5.74, 6) is 0. The van der Waals surface area contributed by atoms with Crippen LogP contribution in [0.15, 0.2) is 47.0 Å². The van der Waals surface area contributed by atoms with Crippen molar-refractivity contribution in [1.29, 1.82) is 0 Å². The zero-order valence-corrected chi connectivity index (χ0v) is 12.8. The normalized spacial score (nSPS) is 15.2. The zero-order chi connectivity index (χ0) is 14.1. The topological polar surface area (TPSA) is 24.1 Å². The molecule has 1 rings (SSSR count). The molecule has 0 atom stereocenters. The van der Waals surface area contributed by atoms with Crippen molar-refractivity contribution in [1.82, 2.24) is 10.6 Å². The molecular formula is C16H30N2. The van der Waals surface area contributed by atoms with Gasteiger partial charge in [-0.2, -0.15) is 0 Å². The summed E-state index contributed by atoms with van der Waals surface area (Å²) in [6.07, 6.45) is 5.42. The Hall–Kier alpha value is -1.44. The lowest BCUT2D eigenvalue weighted by Gasteiger charge is -2.22. The first-order valence-electron chi connectivity index (χ1n) is 6.79. The van der Waals surface area contributed by atoms with Gasteiger partial charge in [-0.3, -0.25) is 0 Å². The average molecular weight is 250 g/mol. The molecule has 0 saturated heterocycles. The molecule has 0 radical (unpaired) electrons. The Bertz CT molecular complexity index is 376. The van der Waals surface area contributed by atoms with E-state index < -0.39 is 0 Å². The Labute approximate surface area is 114 Å². The largest absolute Gasteiger partial charge is 0.384 e. The summed E-state index contributed by atoms with van der Waals surface area (Å²) in [5, 5.41) is 6.70. The zero-order valence-electron chi connectivity index (χ0n) is 12.8. The van der Waals surface area contributed by atoms with E-state index in [1.54, 1.807) is 0 Å². The maximum Gasteiger partial charge on any atom is 0.0420 e. The fourth-order valence-corrected chi connectivity index (χ4v) is 1.82. The third kappa shape index (κ3) is 5.26. The molecule has 1 heterocycles. The molecule has 0 spiro atoms. The minimum Gasteiger partial charge on any atom is -0.384 e. The first kappa shape index (κ1) is 16.6. The van der Waals surface area contributed by atoms with Crippen LogP contribution in [0.3, 0.4) is 0 Å². The monoisotopic (exact) mass is 250 g/mol. The summed E-state index contributed by atoms with van der Waals surface area (Å²) in [4.78, 5) is 0. The molecule has 1 aliphatic rings. The number of nitrogens with one attached hydrogen (secondary N) is 2. The summed E-state index contributed by atoms with van der Waals surface area (Å²) in [6, 6.07) is 0. The second-order valence-corrected chi connectivity index (χ2v) is 4.27. The highest BCUT2D eigenvalue weighted by Gasteiger charge is 2.11. The maximum absolute atomic E-state index is 3.90. The van der Waals surface area contributed by atoms with Crippen LogP contribution < -0.4 is 10.6 Å². The van der Waals surface area contributed by atoms with Gasteiger partial charge >= 0.3 is 0 Å². The van der Waals surface area contributed by atoms with Crippen LogP contribution in [-0.2, 0) is 0 Å². The molecule has 18 heavy (non-hydrogen) atoms. The van der Waals surface area contributed by atoms with Crippen molar-refractivity contribution in [2.75, 3.05) is 6.54 Å². The lowest BCUT2D eigenvalue weighted by Crippen LogP contribution is -2.25. The number of dihydropyridines is 1. The van der Waals surface area contributed by atoms with Gasteiger partial charge in [0.15, 0.2) is 0 Å². The molecule has 0 aromatic heterocycles. The summed E-state index contributed by atoms with van der Waals surface area (Å²) in [6.45, 7) is 17.2. The van der Waals surface area contributed by atoms with Gasteiger partial charge in [0.1, 0.15) is 0 Å². The maximum atomic E-state index is 3.90. The molecule has 0 amide bonds. The molecule has 104 valence electrons. The quantitative estimate of drug-likeness (QED) is 0.767. The molecule has 2 N–H and O–H groups in total. The molecule has 2 nitrogen and oxygen atoms in total. The van der Waals surface area contributed by atoms with E-state index in [9.17, 15) is 0 Å². The van der Waals surface area contributed by atoms with Crippen LogP contribution in [0.1, 0.15) is 49.4 Å². The second-order valence-electron chi connectivity index (χ2n) is 4.27. The number of hydrogen-bond donors (Lipinski definition) is 2. The molecule has 0 bridgehead atoms. The van der Waals surface area contributed by atoms with Gasteiger partial charge < -0.3 is 10.6 Å². The third-order valence-electron chi connectivity index (χ3n) is 2.53. The van der Waals surface area contributed by atoms with Gasteiger partial charge in [-0.1, -0.05) is 33.4 Å². The molecular weight excluding hydrogens is 220 g/mol. The first-order valence-corrected chi connectivity index (χ1v) is 6.79. The van der Waals surface area contributed by atoms with E-state index in [0.29, 0.717) is 0 Å². The SMILES string of the molecule is C=C(C)N/C(=C/CC)C1=C(C)C=C(C)NC1.CC.[HH]. The van der Waals surface area contributed by atoms with Crippen LogP contribution in [0.5, 0.6) is 0 Å². The van der Waals surface area contributed by atoms with Crippen LogP contribution in [0.2, 0.25) is 0 Å². The minimum atomic E-state index is 0. The van der Waals surface area contributed by atoms with Crippen molar-refractivity contribution >= 4 is 0 Å². The van der Waals surface area contributed by atoms with Crippen LogP contribution >= 0.6 is 0 Å². The van der Waals surface area contributed by atoms with Gasteiger partial charge in [0, 0.05) is 25.1 Å². The Balaban J connectivity index is 0. The van der Waals surface area contributed by atoms with Gasteiger partial charge in [-0.25, -0.2) is 0 Å². The van der Waals surface area contributed by atoms with E-state index in [-0.39, 0.29) is 1.43 Å². The Morgan fingerprint density at radius 2 is 2.11 bits per heavy atom. The number of hydrogen-bond acceptors (Lipinski definition) is 2. The third-order valence-corrected chi connectivity index (χ3v) is 2.53. The summed E-state index contributed by atoms with van der Waals surface area (Å²) < 4.78 is 0. The highest BCUT2D eigenvalue weighted by Crippen LogP contribution is 2.19. The summed E-state index contributed by atoms with van der Waals surface area (Å²) >= 11 is 0. The van der Waals surface area contributed by atoms with Gasteiger partial charge in [0.05, 0.1) is 0 Å². The molecule has 0 aromatic rings. The van der Waals surface area contributed by atoms with Crippen molar-refractivity contribution in [3.8, 4) is 0 Å². The van der Waals surface area contributed by atoms with Crippen LogP contribution in [0, 0.1) is 0 Å². The smallest absolute Gasteiger partial charge is 0.0420 e. The molecule has 2 heteroatoms. The molecule has 0 saturated carbocycles. The van der Waals surface area contributed by atoms with E-state index in [4.69, 9.17) is 0 Å². The van der Waals surface area contributed by atoms with Gasteiger partial charge in [-0.05, 0) is 44.4 Å². The predicted molar refractivity (Wildman–Crippen MR) is 84.2 cm³/mol. The fourth-order valence-electron chi connectivity index (χ4n) is 1.82. The molecule has 0 aromatic carbocycles. The highest BCUT2D eigenvalue weighted by atomic mass is 14.9. The average Bonchev–Trinajstić information content (AvgIpc) is 2.30. The molecule has 0 aliphatic carbocycles. The van der Waals surface area contributed by atoms with Crippen molar-refractivity contribution in [3.63, 3.8) is 0 Å². The van der Waals surface area contributed by atoms with E-state index >= 15 is 0 Å².